The van der Waals surface area contributed by atoms with Crippen LogP contribution >= 0.6 is 15.9 Å². The first-order valence-corrected chi connectivity index (χ1v) is 8.97. The zero-order valence-corrected chi connectivity index (χ0v) is 16.3. The van der Waals surface area contributed by atoms with Crippen molar-refractivity contribution in [2.24, 2.45) is 5.10 Å². The Kier molecular flexibility index (Phi) is 6.15. The SMILES string of the molecule is O=[N+]([O-])c1ccc(Oc2cccc(/C=N/Nc3ccc(Br)cc3)c2)c([N+](=O)[O-])c1. The van der Waals surface area contributed by atoms with E-state index < -0.39 is 15.5 Å². The minimum atomic E-state index is -0.726. The van der Waals surface area contributed by atoms with Crippen molar-refractivity contribution in [3.63, 3.8) is 0 Å². The Morgan fingerprint density at radius 2 is 1.72 bits per heavy atom. The molecule has 0 bridgehead atoms. The molecular formula is C19H13BrN4O5. The average molecular weight is 457 g/mol. The molecule has 0 aromatic heterocycles. The number of benzene rings is 3. The van der Waals surface area contributed by atoms with Crippen LogP contribution in [0.25, 0.3) is 0 Å². The molecule has 0 atom stereocenters. The molecule has 0 unspecified atom stereocenters. The number of rotatable bonds is 7. The number of ether oxygens (including phenoxy) is 1. The molecule has 146 valence electrons. The summed E-state index contributed by atoms with van der Waals surface area (Å²) in [6.45, 7) is 0. The smallest absolute Gasteiger partial charge is 0.318 e. The van der Waals surface area contributed by atoms with Gasteiger partial charge in [-0.15, -0.1) is 0 Å². The van der Waals surface area contributed by atoms with Gasteiger partial charge in [0.1, 0.15) is 5.75 Å². The number of nitrogens with zero attached hydrogens (tertiary/aromatic N) is 3. The van der Waals surface area contributed by atoms with E-state index in [0.717, 1.165) is 22.3 Å². The van der Waals surface area contributed by atoms with Gasteiger partial charge in [-0.3, -0.25) is 25.7 Å². The first kappa shape index (κ1) is 20.0. The number of hydrazone groups is 1. The zero-order valence-electron chi connectivity index (χ0n) is 14.7. The lowest BCUT2D eigenvalue weighted by Crippen LogP contribution is -1.96. The van der Waals surface area contributed by atoms with Gasteiger partial charge in [0.2, 0.25) is 5.75 Å². The van der Waals surface area contributed by atoms with Gasteiger partial charge >= 0.3 is 5.69 Å². The fraction of sp³-hybridized carbons (Fsp3) is 0. The summed E-state index contributed by atoms with van der Waals surface area (Å²) in [6.07, 6.45) is 1.57. The van der Waals surface area contributed by atoms with E-state index >= 15 is 0 Å². The molecular weight excluding hydrogens is 444 g/mol. The third-order valence-corrected chi connectivity index (χ3v) is 4.22. The Morgan fingerprint density at radius 1 is 0.966 bits per heavy atom. The molecule has 1 N–H and O–H groups in total. The summed E-state index contributed by atoms with van der Waals surface area (Å²) < 4.78 is 6.53. The average Bonchev–Trinajstić information content (AvgIpc) is 2.70. The third-order valence-electron chi connectivity index (χ3n) is 3.69. The summed E-state index contributed by atoms with van der Waals surface area (Å²) >= 11 is 3.35. The lowest BCUT2D eigenvalue weighted by molar-refractivity contribution is -0.394. The molecule has 0 saturated carbocycles. The number of hydrogen-bond acceptors (Lipinski definition) is 7. The molecule has 10 heteroatoms. The molecule has 9 nitrogen and oxygen atoms in total. The Labute approximate surface area is 173 Å². The Hall–Kier alpha value is -3.79. The maximum Gasteiger partial charge on any atom is 0.318 e. The van der Waals surface area contributed by atoms with Gasteiger partial charge < -0.3 is 4.74 Å². The van der Waals surface area contributed by atoms with Crippen LogP contribution in [0.4, 0.5) is 17.1 Å². The summed E-state index contributed by atoms with van der Waals surface area (Å²) in [5, 5.41) is 26.2. The van der Waals surface area contributed by atoms with Crippen LogP contribution in [-0.2, 0) is 0 Å². The number of nitrogens with one attached hydrogen (secondary N) is 1. The van der Waals surface area contributed by atoms with Crippen molar-refractivity contribution in [3.8, 4) is 11.5 Å². The van der Waals surface area contributed by atoms with Crippen LogP contribution in [0, 0.1) is 20.2 Å². The van der Waals surface area contributed by atoms with Crippen molar-refractivity contribution >= 4 is 39.2 Å². The van der Waals surface area contributed by atoms with Crippen LogP contribution in [0.2, 0.25) is 0 Å². The molecule has 0 fully saturated rings. The van der Waals surface area contributed by atoms with Gasteiger partial charge in [-0.05, 0) is 48.0 Å². The number of hydrogen-bond donors (Lipinski definition) is 1. The van der Waals surface area contributed by atoms with E-state index in [0.29, 0.717) is 11.3 Å². The lowest BCUT2D eigenvalue weighted by Gasteiger charge is -2.07. The van der Waals surface area contributed by atoms with E-state index in [-0.39, 0.29) is 11.4 Å². The predicted octanol–water partition coefficient (Wildman–Crippen LogP) is 5.50. The number of non-ortho nitro benzene ring substituents is 1. The maximum atomic E-state index is 11.2. The molecule has 0 aliphatic heterocycles. The van der Waals surface area contributed by atoms with Crippen LogP contribution < -0.4 is 10.2 Å². The van der Waals surface area contributed by atoms with E-state index in [1.165, 1.54) is 6.07 Å². The van der Waals surface area contributed by atoms with Crippen molar-refractivity contribution in [1.29, 1.82) is 0 Å². The highest BCUT2D eigenvalue weighted by Crippen LogP contribution is 2.34. The Morgan fingerprint density at radius 3 is 2.41 bits per heavy atom. The first-order chi connectivity index (χ1) is 13.9. The molecule has 0 amide bonds. The monoisotopic (exact) mass is 456 g/mol. The summed E-state index contributed by atoms with van der Waals surface area (Å²) in [6, 6.07) is 17.4. The second-order valence-electron chi connectivity index (χ2n) is 5.72. The molecule has 0 saturated heterocycles. The van der Waals surface area contributed by atoms with Gasteiger partial charge in [0, 0.05) is 10.5 Å². The first-order valence-electron chi connectivity index (χ1n) is 8.18. The normalized spacial score (nSPS) is 10.7. The number of anilines is 1. The largest absolute Gasteiger partial charge is 0.450 e. The molecule has 0 aliphatic carbocycles. The fourth-order valence-corrected chi connectivity index (χ4v) is 2.60. The molecule has 29 heavy (non-hydrogen) atoms. The van der Waals surface area contributed by atoms with Crippen molar-refractivity contribution in [2.45, 2.75) is 0 Å². The minimum Gasteiger partial charge on any atom is -0.450 e. The minimum absolute atomic E-state index is 0.0947. The van der Waals surface area contributed by atoms with Crippen LogP contribution in [-0.4, -0.2) is 16.1 Å². The van der Waals surface area contributed by atoms with E-state index in [9.17, 15) is 20.2 Å². The second-order valence-corrected chi connectivity index (χ2v) is 6.63. The van der Waals surface area contributed by atoms with Crippen molar-refractivity contribution < 1.29 is 14.6 Å². The summed E-state index contributed by atoms with van der Waals surface area (Å²) in [5.74, 6) is 0.234. The topological polar surface area (TPSA) is 120 Å². The van der Waals surface area contributed by atoms with Crippen LogP contribution in [0.3, 0.4) is 0 Å². The van der Waals surface area contributed by atoms with Gasteiger partial charge in [0.25, 0.3) is 5.69 Å². The van der Waals surface area contributed by atoms with Gasteiger partial charge in [-0.1, -0.05) is 28.1 Å². The van der Waals surface area contributed by atoms with E-state index in [1.54, 1.807) is 30.5 Å². The third kappa shape index (κ3) is 5.36. The van der Waals surface area contributed by atoms with Gasteiger partial charge in [-0.25, -0.2) is 0 Å². The Bertz CT molecular complexity index is 1090. The van der Waals surface area contributed by atoms with Gasteiger partial charge in [-0.2, -0.15) is 5.10 Å². The zero-order chi connectivity index (χ0) is 20.8. The van der Waals surface area contributed by atoms with Crippen molar-refractivity contribution in [2.75, 3.05) is 5.43 Å². The fourth-order valence-electron chi connectivity index (χ4n) is 2.34. The summed E-state index contributed by atoms with van der Waals surface area (Å²) in [5.41, 5.74) is 3.50. The quantitative estimate of drug-likeness (QED) is 0.284. The molecule has 3 aromatic carbocycles. The summed E-state index contributed by atoms with van der Waals surface area (Å²) in [4.78, 5) is 20.6. The van der Waals surface area contributed by atoms with Crippen LogP contribution in [0.1, 0.15) is 5.56 Å². The van der Waals surface area contributed by atoms with Crippen molar-refractivity contribution in [1.82, 2.24) is 0 Å². The molecule has 0 heterocycles. The number of nitro groups is 2. The maximum absolute atomic E-state index is 11.2. The van der Waals surface area contributed by atoms with Crippen LogP contribution in [0.5, 0.6) is 11.5 Å². The second kappa shape index (κ2) is 8.93. The highest BCUT2D eigenvalue weighted by molar-refractivity contribution is 9.10. The molecule has 3 rings (SSSR count). The highest BCUT2D eigenvalue weighted by Gasteiger charge is 2.21. The van der Waals surface area contributed by atoms with Gasteiger partial charge in [0.05, 0.1) is 27.8 Å². The number of halogens is 1. The lowest BCUT2D eigenvalue weighted by atomic mass is 10.2. The van der Waals surface area contributed by atoms with E-state index in [2.05, 4.69) is 26.5 Å². The predicted molar refractivity (Wildman–Crippen MR) is 112 cm³/mol. The van der Waals surface area contributed by atoms with Crippen molar-refractivity contribution in [3.05, 3.63) is 97.0 Å². The molecule has 3 aromatic rings. The standard InChI is InChI=1S/C19H13BrN4O5/c20-14-4-6-15(7-5-14)22-21-12-13-2-1-3-17(10-13)29-19-9-8-16(23(25)26)11-18(19)24(27)28/h1-12,22H/b21-12+. The number of nitro benzene ring substituents is 2. The molecule has 0 aliphatic rings. The van der Waals surface area contributed by atoms with E-state index in [1.807, 2.05) is 24.3 Å². The summed E-state index contributed by atoms with van der Waals surface area (Å²) in [7, 11) is 0. The highest BCUT2D eigenvalue weighted by atomic mass is 79.9. The molecule has 0 radical (unpaired) electrons. The van der Waals surface area contributed by atoms with E-state index in [4.69, 9.17) is 4.74 Å². The van der Waals surface area contributed by atoms with Gasteiger partial charge in [0.15, 0.2) is 0 Å². The molecule has 0 spiro atoms. The van der Waals surface area contributed by atoms with Crippen LogP contribution in [0.15, 0.2) is 76.3 Å². The Balaban J connectivity index is 1.76.